The molecule has 0 amide bonds. The summed E-state index contributed by atoms with van der Waals surface area (Å²) < 4.78 is 5.00. The minimum atomic E-state index is -0.900. The number of nitriles is 1. The van der Waals surface area contributed by atoms with Crippen molar-refractivity contribution in [3.05, 3.63) is 45.7 Å². The Morgan fingerprint density at radius 1 is 1.38 bits per heavy atom. The number of ketones is 1. The molecule has 0 spiro atoms. The Labute approximate surface area is 128 Å². The molecule has 3 heterocycles. The van der Waals surface area contributed by atoms with E-state index >= 15 is 0 Å². The second kappa shape index (κ2) is 5.60. The van der Waals surface area contributed by atoms with Crippen molar-refractivity contribution < 1.29 is 9.21 Å². The molecule has 0 unspecified atom stereocenters. The third-order valence-corrected chi connectivity index (χ3v) is 4.72. The number of rotatable bonds is 4. The number of Topliss-reactive ketones (excluding diaryl/α,β-unsaturated/α-hetero) is 1. The number of thiazole rings is 2. The zero-order valence-corrected chi connectivity index (χ0v) is 12.6. The minimum absolute atomic E-state index is 0.288. The van der Waals surface area contributed by atoms with Crippen LogP contribution < -0.4 is 0 Å². The van der Waals surface area contributed by atoms with Gasteiger partial charge in [0.1, 0.15) is 22.0 Å². The molecule has 0 saturated heterocycles. The molecule has 0 fully saturated rings. The predicted molar refractivity (Wildman–Crippen MR) is 79.4 cm³/mol. The lowest BCUT2D eigenvalue weighted by Crippen LogP contribution is -2.11. The molecular weight excluding hydrogens is 306 g/mol. The summed E-state index contributed by atoms with van der Waals surface area (Å²) in [7, 11) is 0. The predicted octanol–water partition coefficient (Wildman–Crippen LogP) is 3.66. The van der Waals surface area contributed by atoms with Gasteiger partial charge >= 0.3 is 0 Å². The molecule has 3 rings (SSSR count). The molecule has 0 aliphatic heterocycles. The van der Waals surface area contributed by atoms with Gasteiger partial charge in [0.25, 0.3) is 0 Å². The number of aromatic nitrogens is 2. The lowest BCUT2D eigenvalue weighted by Gasteiger charge is -2.01. The summed E-state index contributed by atoms with van der Waals surface area (Å²) in [4.78, 5) is 20.9. The van der Waals surface area contributed by atoms with E-state index in [4.69, 9.17) is 4.42 Å². The van der Waals surface area contributed by atoms with Crippen LogP contribution >= 0.6 is 22.7 Å². The normalized spacial score (nSPS) is 12.0. The SMILES string of the molecule is Cc1csc([C@@H](C#N)C(=O)c2csc(-c3ccoc3)n2)n1. The largest absolute Gasteiger partial charge is 0.472 e. The Bertz CT molecular complexity index is 812. The molecule has 0 aliphatic carbocycles. The van der Waals surface area contributed by atoms with Crippen molar-refractivity contribution in [2.24, 2.45) is 0 Å². The van der Waals surface area contributed by atoms with Gasteiger partial charge < -0.3 is 4.42 Å². The van der Waals surface area contributed by atoms with Crippen LogP contribution in [0, 0.1) is 18.3 Å². The van der Waals surface area contributed by atoms with Crippen LogP contribution in [-0.4, -0.2) is 15.8 Å². The van der Waals surface area contributed by atoms with Crippen LogP contribution in [0.3, 0.4) is 0 Å². The molecule has 104 valence electrons. The summed E-state index contributed by atoms with van der Waals surface area (Å²) in [6.45, 7) is 1.83. The van der Waals surface area contributed by atoms with Crippen molar-refractivity contribution in [3.8, 4) is 16.6 Å². The number of furan rings is 1. The molecule has 7 heteroatoms. The van der Waals surface area contributed by atoms with Gasteiger partial charge in [0.05, 0.1) is 12.3 Å². The first-order chi connectivity index (χ1) is 10.2. The number of carbonyl (C=O) groups excluding carboxylic acids is 1. The molecule has 0 aromatic carbocycles. The Kier molecular flexibility index (Phi) is 3.64. The summed E-state index contributed by atoms with van der Waals surface area (Å²) in [6.07, 6.45) is 3.12. The van der Waals surface area contributed by atoms with Crippen LogP contribution in [0.2, 0.25) is 0 Å². The lowest BCUT2D eigenvalue weighted by atomic mass is 10.1. The van der Waals surface area contributed by atoms with Gasteiger partial charge in [0.2, 0.25) is 5.78 Å². The summed E-state index contributed by atoms with van der Waals surface area (Å²) >= 11 is 2.66. The Balaban J connectivity index is 1.89. The van der Waals surface area contributed by atoms with Crippen molar-refractivity contribution in [2.45, 2.75) is 12.8 Å². The molecule has 0 N–H and O–H groups in total. The first-order valence-electron chi connectivity index (χ1n) is 6.03. The molecular formula is C14H9N3O2S2. The van der Waals surface area contributed by atoms with Gasteiger partial charge in [-0.1, -0.05) is 0 Å². The molecule has 0 saturated carbocycles. The van der Waals surface area contributed by atoms with E-state index in [0.717, 1.165) is 11.3 Å². The molecule has 3 aromatic rings. The van der Waals surface area contributed by atoms with E-state index in [1.165, 1.54) is 22.7 Å². The Morgan fingerprint density at radius 2 is 2.24 bits per heavy atom. The van der Waals surface area contributed by atoms with E-state index in [2.05, 4.69) is 9.97 Å². The highest BCUT2D eigenvalue weighted by molar-refractivity contribution is 7.13. The van der Waals surface area contributed by atoms with Crippen molar-refractivity contribution in [1.82, 2.24) is 9.97 Å². The van der Waals surface area contributed by atoms with Crippen LogP contribution in [0.15, 0.2) is 33.8 Å². The van der Waals surface area contributed by atoms with E-state index < -0.39 is 5.92 Å². The third-order valence-electron chi connectivity index (χ3n) is 2.80. The zero-order chi connectivity index (χ0) is 14.8. The van der Waals surface area contributed by atoms with Crippen LogP contribution in [0.25, 0.3) is 10.6 Å². The summed E-state index contributed by atoms with van der Waals surface area (Å²) in [5, 5.41) is 14.0. The molecule has 0 bridgehead atoms. The highest BCUT2D eigenvalue weighted by Crippen LogP contribution is 2.28. The van der Waals surface area contributed by atoms with Crippen molar-refractivity contribution in [2.75, 3.05) is 0 Å². The fourth-order valence-electron chi connectivity index (χ4n) is 1.78. The maximum absolute atomic E-state index is 12.4. The summed E-state index contributed by atoms with van der Waals surface area (Å²) in [6, 6.07) is 3.80. The standard InChI is InChI=1S/C14H9N3O2S2/c1-8-6-20-14(16-8)10(4-15)12(18)11-7-21-13(17-11)9-2-3-19-5-9/h2-3,5-7,10H,1H3/t10-/m0/s1. The number of hydrogen-bond donors (Lipinski definition) is 0. The number of hydrogen-bond acceptors (Lipinski definition) is 7. The molecule has 1 atom stereocenters. The average Bonchev–Trinajstić information content (AvgIpc) is 3.20. The fourth-order valence-corrected chi connectivity index (χ4v) is 3.42. The molecule has 0 aliphatic rings. The van der Waals surface area contributed by atoms with E-state index in [-0.39, 0.29) is 11.5 Å². The van der Waals surface area contributed by atoms with E-state index in [0.29, 0.717) is 10.0 Å². The minimum Gasteiger partial charge on any atom is -0.472 e. The van der Waals surface area contributed by atoms with Crippen LogP contribution in [0.4, 0.5) is 0 Å². The molecule has 3 aromatic heterocycles. The highest BCUT2D eigenvalue weighted by Gasteiger charge is 2.26. The topological polar surface area (TPSA) is 79.8 Å². The van der Waals surface area contributed by atoms with Crippen LogP contribution in [-0.2, 0) is 0 Å². The zero-order valence-electron chi connectivity index (χ0n) is 10.9. The van der Waals surface area contributed by atoms with Gasteiger partial charge in [-0.25, -0.2) is 9.97 Å². The van der Waals surface area contributed by atoms with Gasteiger partial charge in [-0.2, -0.15) is 5.26 Å². The van der Waals surface area contributed by atoms with E-state index in [1.54, 1.807) is 24.0 Å². The number of nitrogens with zero attached hydrogens (tertiary/aromatic N) is 3. The van der Waals surface area contributed by atoms with Gasteiger partial charge in [-0.05, 0) is 13.0 Å². The second-order valence-electron chi connectivity index (χ2n) is 4.30. The maximum atomic E-state index is 12.4. The Hall–Kier alpha value is -2.30. The van der Waals surface area contributed by atoms with Crippen LogP contribution in [0.5, 0.6) is 0 Å². The third kappa shape index (κ3) is 2.63. The van der Waals surface area contributed by atoms with Crippen LogP contribution in [0.1, 0.15) is 27.1 Å². The second-order valence-corrected chi connectivity index (χ2v) is 6.05. The maximum Gasteiger partial charge on any atom is 0.206 e. The van der Waals surface area contributed by atoms with Crippen molar-refractivity contribution in [1.29, 1.82) is 5.26 Å². The average molecular weight is 315 g/mol. The van der Waals surface area contributed by atoms with E-state index in [9.17, 15) is 10.1 Å². The van der Waals surface area contributed by atoms with Crippen molar-refractivity contribution >= 4 is 28.5 Å². The molecule has 5 nitrogen and oxygen atoms in total. The van der Waals surface area contributed by atoms with Gasteiger partial charge in [0, 0.05) is 22.0 Å². The molecule has 21 heavy (non-hydrogen) atoms. The number of carbonyl (C=O) groups is 1. The summed E-state index contributed by atoms with van der Waals surface area (Å²) in [5.74, 6) is -1.22. The monoisotopic (exact) mass is 315 g/mol. The first-order valence-corrected chi connectivity index (χ1v) is 7.79. The van der Waals surface area contributed by atoms with Gasteiger partial charge in [-0.3, -0.25) is 4.79 Å². The number of aryl methyl sites for hydroxylation is 1. The van der Waals surface area contributed by atoms with E-state index in [1.807, 2.05) is 18.4 Å². The molecule has 0 radical (unpaired) electrons. The quantitative estimate of drug-likeness (QED) is 0.686. The van der Waals surface area contributed by atoms with Crippen molar-refractivity contribution in [3.63, 3.8) is 0 Å². The Morgan fingerprint density at radius 3 is 2.86 bits per heavy atom. The van der Waals surface area contributed by atoms with Gasteiger partial charge in [0.15, 0.2) is 5.92 Å². The van der Waals surface area contributed by atoms with Gasteiger partial charge in [-0.15, -0.1) is 22.7 Å². The lowest BCUT2D eigenvalue weighted by molar-refractivity contribution is 0.0974. The first kappa shape index (κ1) is 13.7. The fraction of sp³-hybridized carbons (Fsp3) is 0.143. The summed E-state index contributed by atoms with van der Waals surface area (Å²) in [5.41, 5.74) is 1.91. The smallest absolute Gasteiger partial charge is 0.206 e. The highest BCUT2D eigenvalue weighted by atomic mass is 32.1.